The summed E-state index contributed by atoms with van der Waals surface area (Å²) in [6.07, 6.45) is 0.0438. The lowest BCUT2D eigenvalue weighted by atomic mass is 9.42. The van der Waals surface area contributed by atoms with Crippen molar-refractivity contribution in [3.05, 3.63) is 28.8 Å². The van der Waals surface area contributed by atoms with Crippen LogP contribution in [-0.4, -0.2) is 70.3 Å². The number of amides is 1. The maximum atomic E-state index is 14.1. The van der Waals surface area contributed by atoms with Crippen molar-refractivity contribution < 1.29 is 29.1 Å². The summed E-state index contributed by atoms with van der Waals surface area (Å²) in [5.74, 6) is -9.71. The van der Waals surface area contributed by atoms with E-state index in [-0.39, 0.29) is 17.7 Å². The summed E-state index contributed by atoms with van der Waals surface area (Å²) in [5, 5.41) is 20.8. The molecule has 2 fully saturated rings. The first-order valence-electron chi connectivity index (χ1n) is 11.2. The molecule has 3 aliphatic carbocycles. The van der Waals surface area contributed by atoms with E-state index < -0.39 is 69.8 Å². The van der Waals surface area contributed by atoms with Crippen LogP contribution in [0.3, 0.4) is 0 Å². The van der Waals surface area contributed by atoms with Gasteiger partial charge in [0.2, 0.25) is 5.91 Å². The second-order valence-corrected chi connectivity index (χ2v) is 10.1. The van der Waals surface area contributed by atoms with Gasteiger partial charge >= 0.3 is 0 Å². The molecule has 1 amide bonds. The van der Waals surface area contributed by atoms with Crippen LogP contribution in [0.25, 0.3) is 0 Å². The third-order valence-corrected chi connectivity index (χ3v) is 7.95. The number of benzene rings is 1. The number of fused-ring (bicyclic) bond motifs is 3. The molecule has 6 atom stereocenters. The number of hydrogen-bond acceptors (Lipinski definition) is 10. The molecule has 0 bridgehead atoms. The molecule has 0 heterocycles. The van der Waals surface area contributed by atoms with Gasteiger partial charge in [0.25, 0.3) is 0 Å². The number of likely N-dealkylation sites (N-methyl/N-ethyl adjacent to an activating group) is 1. The summed E-state index contributed by atoms with van der Waals surface area (Å²) in [5.41, 5.74) is 13.4. The summed E-state index contributed by atoms with van der Waals surface area (Å²) in [6.45, 7) is 1.86. The Morgan fingerprint density at radius 3 is 2.34 bits per heavy atom. The number of carbonyl (C=O) groups is 5. The molecule has 1 aromatic carbocycles. The quantitative estimate of drug-likeness (QED) is 0.362. The Labute approximate surface area is 201 Å². The maximum absolute atomic E-state index is 14.1. The smallest absolute Gasteiger partial charge is 0.235 e. The van der Waals surface area contributed by atoms with Gasteiger partial charge in [-0.15, -0.1) is 0 Å². The van der Waals surface area contributed by atoms with Crippen LogP contribution in [0.5, 0.6) is 5.75 Å². The van der Waals surface area contributed by atoms with E-state index in [2.05, 4.69) is 0 Å². The summed E-state index contributed by atoms with van der Waals surface area (Å²) in [4.78, 5) is 68.2. The molecule has 3 aliphatic rings. The van der Waals surface area contributed by atoms with Gasteiger partial charge in [0, 0.05) is 5.54 Å². The lowest BCUT2D eigenvalue weighted by Crippen LogP contribution is -2.85. The van der Waals surface area contributed by atoms with E-state index in [0.717, 1.165) is 5.56 Å². The Morgan fingerprint density at radius 1 is 1.20 bits per heavy atom. The van der Waals surface area contributed by atoms with Gasteiger partial charge in [0.1, 0.15) is 11.7 Å². The molecule has 7 N–H and O–H groups in total. The van der Waals surface area contributed by atoms with E-state index in [1.807, 2.05) is 6.92 Å². The van der Waals surface area contributed by atoms with Crippen molar-refractivity contribution in [2.75, 3.05) is 14.1 Å². The highest BCUT2D eigenvalue weighted by Gasteiger charge is 2.78. The number of phenolic OH excluding ortho intramolecular Hbond substituents is 1. The molecule has 11 nitrogen and oxygen atoms in total. The van der Waals surface area contributed by atoms with Crippen molar-refractivity contribution in [3.8, 4) is 11.8 Å². The largest absolute Gasteiger partial charge is 0.507 e. The Balaban J connectivity index is 2.04. The number of aryl methyl sites for hydroxylation is 1. The molecule has 1 aromatic rings. The number of nitriles is 1. The number of Topliss-reactive ketones (excluding diaryl/α,β-unsaturated/α-hetero) is 4. The number of ketones is 4. The van der Waals surface area contributed by atoms with Gasteiger partial charge < -0.3 is 22.3 Å². The summed E-state index contributed by atoms with van der Waals surface area (Å²) >= 11 is 0. The minimum absolute atomic E-state index is 0.0513. The first kappa shape index (κ1) is 24.7. The average molecular weight is 482 g/mol. The normalized spacial score (nSPS) is 36.3. The van der Waals surface area contributed by atoms with E-state index in [1.54, 1.807) is 12.1 Å². The molecule has 4 rings (SSSR count). The zero-order valence-electron chi connectivity index (χ0n) is 19.6. The average Bonchev–Trinajstić information content (AvgIpc) is 2.72. The molecule has 184 valence electrons. The van der Waals surface area contributed by atoms with Crippen LogP contribution in [0, 0.1) is 28.6 Å². The second-order valence-electron chi connectivity index (χ2n) is 10.1. The summed E-state index contributed by atoms with van der Waals surface area (Å²) in [6, 6.07) is 3.26. The van der Waals surface area contributed by atoms with Gasteiger partial charge in [0.15, 0.2) is 34.5 Å². The SMILES string of the molecule is CCc1ccc(O)c2c1C[C@@]1(N)C[C@@]3(N)[C@H](N(C)C)C(=O)C(C(N)=O)C(=O)[C@@]3(C#N)C(=O)C1C2=O. The van der Waals surface area contributed by atoms with E-state index in [9.17, 15) is 34.3 Å². The summed E-state index contributed by atoms with van der Waals surface area (Å²) in [7, 11) is 2.92. The molecule has 0 saturated heterocycles. The molecule has 0 aromatic heterocycles. The monoisotopic (exact) mass is 481 g/mol. The molecule has 0 spiro atoms. The van der Waals surface area contributed by atoms with Crippen molar-refractivity contribution in [1.29, 1.82) is 5.26 Å². The van der Waals surface area contributed by atoms with Crippen molar-refractivity contribution >= 4 is 29.0 Å². The Morgan fingerprint density at radius 2 is 1.83 bits per heavy atom. The molecular weight excluding hydrogens is 454 g/mol. The van der Waals surface area contributed by atoms with E-state index >= 15 is 0 Å². The molecule has 2 saturated carbocycles. The van der Waals surface area contributed by atoms with Gasteiger partial charge in [-0.1, -0.05) is 13.0 Å². The van der Waals surface area contributed by atoms with E-state index in [0.29, 0.717) is 12.0 Å². The van der Waals surface area contributed by atoms with Crippen molar-refractivity contribution in [3.63, 3.8) is 0 Å². The molecule has 0 radical (unpaired) electrons. The number of rotatable bonds is 3. The molecule has 11 heteroatoms. The van der Waals surface area contributed by atoms with Gasteiger partial charge in [-0.25, -0.2) is 0 Å². The molecule has 2 unspecified atom stereocenters. The minimum atomic E-state index is -2.73. The van der Waals surface area contributed by atoms with Gasteiger partial charge in [-0.05, 0) is 50.6 Å². The fourth-order valence-electron chi connectivity index (χ4n) is 6.60. The van der Waals surface area contributed by atoms with Crippen LogP contribution in [0.15, 0.2) is 12.1 Å². The topological polar surface area (TPSA) is 211 Å². The number of primary amides is 1. The van der Waals surface area contributed by atoms with Crippen LogP contribution in [0.4, 0.5) is 0 Å². The van der Waals surface area contributed by atoms with Crippen LogP contribution >= 0.6 is 0 Å². The van der Waals surface area contributed by atoms with Crippen molar-refractivity contribution in [2.45, 2.75) is 43.3 Å². The predicted octanol–water partition coefficient (Wildman–Crippen LogP) is -1.63. The number of nitrogens with two attached hydrogens (primary N) is 3. The highest BCUT2D eigenvalue weighted by atomic mass is 16.3. The van der Waals surface area contributed by atoms with Crippen LogP contribution in [-0.2, 0) is 32.0 Å². The van der Waals surface area contributed by atoms with E-state index in [4.69, 9.17) is 17.2 Å². The number of phenols is 1. The zero-order valence-corrected chi connectivity index (χ0v) is 19.6. The lowest BCUT2D eigenvalue weighted by Gasteiger charge is -2.60. The third kappa shape index (κ3) is 2.78. The zero-order chi connectivity index (χ0) is 26.2. The molecule has 0 aliphatic heterocycles. The number of carbonyl (C=O) groups excluding carboxylic acids is 5. The van der Waals surface area contributed by atoms with Crippen molar-refractivity contribution in [1.82, 2.24) is 4.90 Å². The molecule has 35 heavy (non-hydrogen) atoms. The fourth-order valence-corrected chi connectivity index (χ4v) is 6.60. The highest BCUT2D eigenvalue weighted by Crippen LogP contribution is 2.56. The predicted molar refractivity (Wildman–Crippen MR) is 121 cm³/mol. The fraction of sp³-hybridized carbons (Fsp3) is 0.500. The van der Waals surface area contributed by atoms with Gasteiger partial charge in [-0.3, -0.25) is 28.9 Å². The first-order chi connectivity index (χ1) is 16.2. The maximum Gasteiger partial charge on any atom is 0.235 e. The van der Waals surface area contributed by atoms with Crippen LogP contribution in [0.1, 0.15) is 34.8 Å². The van der Waals surface area contributed by atoms with Gasteiger partial charge in [0.05, 0.1) is 23.2 Å². The van der Waals surface area contributed by atoms with Gasteiger partial charge in [-0.2, -0.15) is 5.26 Å². The van der Waals surface area contributed by atoms with Crippen LogP contribution < -0.4 is 17.2 Å². The van der Waals surface area contributed by atoms with E-state index in [1.165, 1.54) is 25.1 Å². The van der Waals surface area contributed by atoms with Crippen molar-refractivity contribution in [2.24, 2.45) is 34.5 Å². The lowest BCUT2D eigenvalue weighted by molar-refractivity contribution is -0.166. The highest BCUT2D eigenvalue weighted by molar-refractivity contribution is 6.33. The minimum Gasteiger partial charge on any atom is -0.507 e. The molecular formula is C24H27N5O6. The summed E-state index contributed by atoms with van der Waals surface area (Å²) < 4.78 is 0. The Bertz CT molecular complexity index is 1270. The first-order valence-corrected chi connectivity index (χ1v) is 11.2. The number of hydrogen-bond donors (Lipinski definition) is 4. The number of aromatic hydroxyl groups is 1. The Kier molecular flexibility index (Phi) is 5.30. The standard InChI is InChI=1S/C24H27N5O6/c1-4-10-5-6-12(30)13-11(10)7-22(27)8-24(28)18(29(2)3)17(32)14(21(26)35)19(33)23(24,9-25)20(34)15(22)16(13)31/h5-6,14-15,18,30H,4,7-8,27-28H2,1-3H3,(H2,26,35)/t14?,15?,18-,22-,23+,24-/m1/s1. The number of nitrogens with zero attached hydrogens (tertiary/aromatic N) is 2. The Hall–Kier alpha value is -3.46. The van der Waals surface area contributed by atoms with Crippen LogP contribution in [0.2, 0.25) is 0 Å². The second kappa shape index (κ2) is 7.52. The third-order valence-electron chi connectivity index (χ3n) is 7.95.